The van der Waals surface area contributed by atoms with Gasteiger partial charge in [0.25, 0.3) is 11.8 Å². The summed E-state index contributed by atoms with van der Waals surface area (Å²) in [6.07, 6.45) is 1.34. The van der Waals surface area contributed by atoms with Crippen LogP contribution in [0.5, 0.6) is 11.5 Å². The molecule has 0 unspecified atom stereocenters. The van der Waals surface area contributed by atoms with Crippen LogP contribution in [0.2, 0.25) is 0 Å². The number of amides is 2. The molecule has 0 spiro atoms. The molecule has 0 bridgehead atoms. The zero-order valence-corrected chi connectivity index (χ0v) is 16.8. The molecule has 2 N–H and O–H groups in total. The molecule has 2 amide bonds. The SMILES string of the molecule is CCOc1cc(C=C2C(=O)NC(=S)NC2=O)ccc1OS(=O)(=O)c1ccccc1. The molecule has 1 aliphatic heterocycles. The molecule has 150 valence electrons. The lowest BCUT2D eigenvalue weighted by Crippen LogP contribution is -2.51. The van der Waals surface area contributed by atoms with Crippen molar-refractivity contribution in [3.05, 3.63) is 59.7 Å². The normalized spacial score (nSPS) is 14.1. The first kappa shape index (κ1) is 20.5. The average molecular weight is 432 g/mol. The van der Waals surface area contributed by atoms with Crippen molar-refractivity contribution in [2.45, 2.75) is 11.8 Å². The van der Waals surface area contributed by atoms with Gasteiger partial charge in [0.05, 0.1) is 6.61 Å². The van der Waals surface area contributed by atoms with Crippen molar-refractivity contribution in [3.63, 3.8) is 0 Å². The van der Waals surface area contributed by atoms with Crippen molar-refractivity contribution < 1.29 is 26.9 Å². The topological polar surface area (TPSA) is 111 Å². The predicted octanol–water partition coefficient (Wildman–Crippen LogP) is 1.77. The Morgan fingerprint density at radius 3 is 2.28 bits per heavy atom. The van der Waals surface area contributed by atoms with E-state index in [0.29, 0.717) is 5.56 Å². The van der Waals surface area contributed by atoms with E-state index in [1.807, 2.05) is 0 Å². The number of rotatable bonds is 6. The Hall–Kier alpha value is -3.24. The molecular weight excluding hydrogens is 416 g/mol. The molecule has 3 rings (SSSR count). The maximum absolute atomic E-state index is 12.5. The highest BCUT2D eigenvalue weighted by Gasteiger charge is 2.26. The van der Waals surface area contributed by atoms with Crippen LogP contribution >= 0.6 is 12.2 Å². The second-order valence-corrected chi connectivity index (χ2v) is 7.74. The second kappa shape index (κ2) is 8.41. The average Bonchev–Trinajstić information content (AvgIpc) is 2.67. The van der Waals surface area contributed by atoms with Gasteiger partial charge in [-0.1, -0.05) is 24.3 Å². The molecule has 1 fully saturated rings. The van der Waals surface area contributed by atoms with Gasteiger partial charge >= 0.3 is 10.1 Å². The van der Waals surface area contributed by atoms with Gasteiger partial charge in [0, 0.05) is 0 Å². The summed E-state index contributed by atoms with van der Waals surface area (Å²) in [4.78, 5) is 24.0. The maximum atomic E-state index is 12.5. The lowest BCUT2D eigenvalue weighted by molar-refractivity contribution is -0.123. The van der Waals surface area contributed by atoms with Gasteiger partial charge < -0.3 is 8.92 Å². The Bertz CT molecular complexity index is 1090. The summed E-state index contributed by atoms with van der Waals surface area (Å²) < 4.78 is 35.6. The van der Waals surface area contributed by atoms with Crippen LogP contribution in [0.15, 0.2) is 59.0 Å². The first-order valence-electron chi connectivity index (χ1n) is 8.45. The lowest BCUT2D eigenvalue weighted by atomic mass is 10.1. The molecule has 0 saturated carbocycles. The Morgan fingerprint density at radius 2 is 1.66 bits per heavy atom. The van der Waals surface area contributed by atoms with Gasteiger partial charge in [-0.05, 0) is 55.0 Å². The van der Waals surface area contributed by atoms with E-state index in [9.17, 15) is 18.0 Å². The number of hydrogen-bond acceptors (Lipinski definition) is 7. The molecule has 1 saturated heterocycles. The highest BCUT2D eigenvalue weighted by Crippen LogP contribution is 2.32. The molecule has 29 heavy (non-hydrogen) atoms. The molecule has 0 radical (unpaired) electrons. The first-order valence-corrected chi connectivity index (χ1v) is 10.3. The monoisotopic (exact) mass is 432 g/mol. The van der Waals surface area contributed by atoms with Crippen molar-refractivity contribution in [1.82, 2.24) is 10.6 Å². The van der Waals surface area contributed by atoms with Crippen LogP contribution in [-0.4, -0.2) is 32.0 Å². The third kappa shape index (κ3) is 4.79. The van der Waals surface area contributed by atoms with Gasteiger partial charge in [-0.3, -0.25) is 20.2 Å². The summed E-state index contributed by atoms with van der Waals surface area (Å²) in [6.45, 7) is 1.97. The molecule has 10 heteroatoms. The van der Waals surface area contributed by atoms with Crippen LogP contribution in [-0.2, 0) is 19.7 Å². The van der Waals surface area contributed by atoms with Gasteiger partial charge in [0.2, 0.25) is 0 Å². The zero-order valence-electron chi connectivity index (χ0n) is 15.2. The van der Waals surface area contributed by atoms with E-state index in [0.717, 1.165) is 0 Å². The fraction of sp³-hybridized carbons (Fsp3) is 0.105. The quantitative estimate of drug-likeness (QED) is 0.310. The summed E-state index contributed by atoms with van der Waals surface area (Å²) in [5.41, 5.74) is 0.289. The van der Waals surface area contributed by atoms with Gasteiger partial charge in [-0.25, -0.2) is 0 Å². The fourth-order valence-corrected chi connectivity index (χ4v) is 3.62. The summed E-state index contributed by atoms with van der Waals surface area (Å²) in [7, 11) is -4.06. The number of benzene rings is 2. The highest BCUT2D eigenvalue weighted by atomic mass is 32.2. The van der Waals surface area contributed by atoms with E-state index in [2.05, 4.69) is 10.6 Å². The van der Waals surface area contributed by atoms with Crippen LogP contribution in [0.1, 0.15) is 12.5 Å². The Balaban J connectivity index is 1.94. The Kier molecular flexibility index (Phi) is 5.95. The minimum atomic E-state index is -4.06. The van der Waals surface area contributed by atoms with E-state index in [1.165, 1.54) is 36.4 Å². The van der Waals surface area contributed by atoms with Gasteiger partial charge in [-0.2, -0.15) is 8.42 Å². The largest absolute Gasteiger partial charge is 0.490 e. The summed E-state index contributed by atoms with van der Waals surface area (Å²) in [5.74, 6) is -1.14. The molecule has 1 aliphatic rings. The van der Waals surface area contributed by atoms with E-state index in [4.69, 9.17) is 21.1 Å². The van der Waals surface area contributed by atoms with Gasteiger partial charge in [-0.15, -0.1) is 0 Å². The van der Waals surface area contributed by atoms with Crippen LogP contribution in [0.25, 0.3) is 6.08 Å². The number of carbonyl (C=O) groups excluding carboxylic acids is 2. The van der Waals surface area contributed by atoms with E-state index in [-0.39, 0.29) is 33.7 Å². The third-order valence-electron chi connectivity index (χ3n) is 3.75. The molecule has 2 aromatic carbocycles. The number of nitrogens with one attached hydrogen (secondary N) is 2. The first-order chi connectivity index (χ1) is 13.8. The minimum Gasteiger partial charge on any atom is -0.490 e. The van der Waals surface area contributed by atoms with Crippen molar-refractivity contribution in [2.24, 2.45) is 0 Å². The molecule has 0 atom stereocenters. The smallest absolute Gasteiger partial charge is 0.339 e. The standard InChI is InChI=1S/C19H16N2O6S2/c1-2-26-16-11-12(10-14-17(22)20-19(28)21-18(14)23)8-9-15(16)27-29(24,25)13-6-4-3-5-7-13/h3-11H,2H2,1H3,(H2,20,21,22,23,28). The van der Waals surface area contributed by atoms with Crippen LogP contribution in [0.4, 0.5) is 0 Å². The highest BCUT2D eigenvalue weighted by molar-refractivity contribution is 7.87. The number of thiocarbonyl (C=S) groups is 1. The number of ether oxygens (including phenoxy) is 1. The maximum Gasteiger partial charge on any atom is 0.339 e. The summed E-state index contributed by atoms with van der Waals surface area (Å²) >= 11 is 4.76. The fourth-order valence-electron chi connectivity index (χ4n) is 2.48. The van der Waals surface area contributed by atoms with Crippen LogP contribution in [0, 0.1) is 0 Å². The van der Waals surface area contributed by atoms with E-state index in [1.54, 1.807) is 25.1 Å². The van der Waals surface area contributed by atoms with E-state index < -0.39 is 21.9 Å². The second-order valence-electron chi connectivity index (χ2n) is 5.79. The van der Waals surface area contributed by atoms with Crippen molar-refractivity contribution in [2.75, 3.05) is 6.61 Å². The van der Waals surface area contributed by atoms with Crippen molar-refractivity contribution in [1.29, 1.82) is 0 Å². The number of hydrogen-bond donors (Lipinski definition) is 2. The Morgan fingerprint density at radius 1 is 1.00 bits per heavy atom. The molecule has 0 aliphatic carbocycles. The molecule has 0 aromatic heterocycles. The lowest BCUT2D eigenvalue weighted by Gasteiger charge is -2.16. The Labute approximate surface area is 172 Å². The summed E-state index contributed by atoms with van der Waals surface area (Å²) in [6, 6.07) is 12.1. The predicted molar refractivity (Wildman–Crippen MR) is 109 cm³/mol. The van der Waals surface area contributed by atoms with Crippen molar-refractivity contribution >= 4 is 45.3 Å². The van der Waals surface area contributed by atoms with E-state index >= 15 is 0 Å². The van der Waals surface area contributed by atoms with Crippen LogP contribution < -0.4 is 19.6 Å². The number of carbonyl (C=O) groups is 2. The molecule has 8 nitrogen and oxygen atoms in total. The van der Waals surface area contributed by atoms with Crippen molar-refractivity contribution in [3.8, 4) is 11.5 Å². The minimum absolute atomic E-state index is 0.000148. The zero-order chi connectivity index (χ0) is 21.0. The molecular formula is C19H16N2O6S2. The van der Waals surface area contributed by atoms with Gasteiger partial charge in [0.15, 0.2) is 16.6 Å². The molecule has 1 heterocycles. The molecule has 2 aromatic rings. The van der Waals surface area contributed by atoms with Gasteiger partial charge in [0.1, 0.15) is 10.5 Å². The summed E-state index contributed by atoms with van der Waals surface area (Å²) in [5, 5.41) is 4.61. The van der Waals surface area contributed by atoms with Crippen LogP contribution in [0.3, 0.4) is 0 Å². The third-order valence-corrected chi connectivity index (χ3v) is 5.21.